The summed E-state index contributed by atoms with van der Waals surface area (Å²) in [5.74, 6) is 1.38. The van der Waals surface area contributed by atoms with E-state index in [1.165, 1.54) is 0 Å². The molecule has 0 spiro atoms. The Morgan fingerprint density at radius 2 is 1.80 bits per heavy atom. The highest BCUT2D eigenvalue weighted by Crippen LogP contribution is 2.10. The van der Waals surface area contributed by atoms with Crippen LogP contribution in [0.2, 0.25) is 0 Å². The molecule has 1 atom stereocenters. The Bertz CT molecular complexity index is 606. The van der Waals surface area contributed by atoms with Gasteiger partial charge in [0, 0.05) is 19.1 Å². The lowest BCUT2D eigenvalue weighted by Crippen LogP contribution is -2.43. The van der Waals surface area contributed by atoms with Crippen LogP contribution < -0.4 is 20.7 Å². The normalized spacial score (nSPS) is 12.1. The quantitative estimate of drug-likeness (QED) is 0.207. The van der Waals surface area contributed by atoms with Gasteiger partial charge in [0.25, 0.3) is 0 Å². The average molecular weight is 533 g/mol. The van der Waals surface area contributed by atoms with E-state index in [0.29, 0.717) is 18.5 Å². The second-order valence-electron chi connectivity index (χ2n) is 7.03. The summed E-state index contributed by atoms with van der Waals surface area (Å²) in [6.07, 6.45) is 2.20. The van der Waals surface area contributed by atoms with Gasteiger partial charge in [0.1, 0.15) is 12.3 Å². The van der Waals surface area contributed by atoms with Gasteiger partial charge < -0.3 is 25.6 Å². The fourth-order valence-electron chi connectivity index (χ4n) is 2.94. The Kier molecular flexibility index (Phi) is 16.3. The Morgan fingerprint density at radius 1 is 1.13 bits per heavy atom. The third kappa shape index (κ3) is 12.2. The van der Waals surface area contributed by atoms with E-state index >= 15 is 0 Å². The van der Waals surface area contributed by atoms with E-state index in [9.17, 15) is 4.79 Å². The molecule has 0 aliphatic rings. The van der Waals surface area contributed by atoms with E-state index in [-0.39, 0.29) is 36.4 Å². The van der Waals surface area contributed by atoms with Crippen molar-refractivity contribution in [2.24, 2.45) is 4.99 Å². The number of aliphatic imine (C=N–C) groups is 1. The lowest BCUT2D eigenvalue weighted by molar-refractivity contribution is -0.119. The first-order chi connectivity index (χ1) is 14.0. The number of methoxy groups -OCH3 is 1. The number of nitrogens with one attached hydrogen (secondary N) is 3. The van der Waals surface area contributed by atoms with Gasteiger partial charge in [-0.15, -0.1) is 24.0 Å². The van der Waals surface area contributed by atoms with Gasteiger partial charge in [0.15, 0.2) is 5.96 Å². The number of halogens is 1. The molecular formula is C22H40IN5O2. The molecule has 1 aromatic rings. The molecule has 0 aliphatic carbocycles. The average Bonchev–Trinajstić information content (AvgIpc) is 2.74. The molecule has 1 rings (SSSR count). The van der Waals surface area contributed by atoms with Gasteiger partial charge in [-0.2, -0.15) is 0 Å². The lowest BCUT2D eigenvalue weighted by Gasteiger charge is -2.21. The molecule has 0 saturated carbocycles. The largest absolute Gasteiger partial charge is 0.497 e. The standard InChI is InChI=1S/C22H39N5O2.HI/c1-6-23-22(26-18(4)10-9-15-27(7-2)8-3)25-17-21(28)24-16-19-11-13-20(29-5)14-12-19;/h11-14,18H,6-10,15-17H2,1-5H3,(H,24,28)(H2,23,25,26);1H. The van der Waals surface area contributed by atoms with E-state index in [0.717, 1.165) is 50.3 Å². The number of amides is 1. The van der Waals surface area contributed by atoms with Gasteiger partial charge in [-0.3, -0.25) is 4.79 Å². The molecular weight excluding hydrogens is 493 g/mol. The first-order valence-corrected chi connectivity index (χ1v) is 10.7. The minimum absolute atomic E-state index is 0. The third-order valence-electron chi connectivity index (χ3n) is 4.76. The van der Waals surface area contributed by atoms with Crippen LogP contribution in [0.3, 0.4) is 0 Å². The number of guanidine groups is 1. The van der Waals surface area contributed by atoms with Gasteiger partial charge >= 0.3 is 0 Å². The summed E-state index contributed by atoms with van der Waals surface area (Å²) in [6, 6.07) is 7.94. The number of ether oxygens (including phenoxy) is 1. The van der Waals surface area contributed by atoms with E-state index in [1.54, 1.807) is 7.11 Å². The van der Waals surface area contributed by atoms with Crippen LogP contribution in [0.5, 0.6) is 5.75 Å². The molecule has 0 heterocycles. The predicted octanol–water partition coefficient (Wildman–Crippen LogP) is 3.00. The van der Waals surface area contributed by atoms with Crippen molar-refractivity contribution in [3.05, 3.63) is 29.8 Å². The minimum Gasteiger partial charge on any atom is -0.497 e. The van der Waals surface area contributed by atoms with Crippen LogP contribution in [-0.4, -0.2) is 62.6 Å². The summed E-state index contributed by atoms with van der Waals surface area (Å²) >= 11 is 0. The van der Waals surface area contributed by atoms with Crippen LogP contribution in [0.4, 0.5) is 0 Å². The molecule has 3 N–H and O–H groups in total. The van der Waals surface area contributed by atoms with Crippen molar-refractivity contribution in [3.8, 4) is 5.75 Å². The Morgan fingerprint density at radius 3 is 2.37 bits per heavy atom. The van der Waals surface area contributed by atoms with Gasteiger partial charge in [-0.05, 0) is 64.0 Å². The maximum absolute atomic E-state index is 12.1. The molecule has 7 nitrogen and oxygen atoms in total. The molecule has 30 heavy (non-hydrogen) atoms. The third-order valence-corrected chi connectivity index (χ3v) is 4.76. The second-order valence-corrected chi connectivity index (χ2v) is 7.03. The van der Waals surface area contributed by atoms with Crippen LogP contribution in [0.1, 0.15) is 46.1 Å². The summed E-state index contributed by atoms with van der Waals surface area (Å²) < 4.78 is 5.14. The van der Waals surface area contributed by atoms with Crippen LogP contribution in [0.25, 0.3) is 0 Å². The Balaban J connectivity index is 0.00000841. The number of benzene rings is 1. The van der Waals surface area contributed by atoms with Crippen molar-refractivity contribution in [2.75, 3.05) is 39.8 Å². The van der Waals surface area contributed by atoms with Crippen LogP contribution >= 0.6 is 24.0 Å². The predicted molar refractivity (Wildman–Crippen MR) is 136 cm³/mol. The first-order valence-electron chi connectivity index (χ1n) is 10.7. The monoisotopic (exact) mass is 533 g/mol. The van der Waals surface area contributed by atoms with E-state index < -0.39 is 0 Å². The topological polar surface area (TPSA) is 78.0 Å². The molecule has 0 saturated heterocycles. The molecule has 172 valence electrons. The lowest BCUT2D eigenvalue weighted by atomic mass is 10.2. The van der Waals surface area contributed by atoms with Crippen molar-refractivity contribution in [1.82, 2.24) is 20.9 Å². The molecule has 1 aromatic carbocycles. The van der Waals surface area contributed by atoms with Gasteiger partial charge in [0.2, 0.25) is 5.91 Å². The van der Waals surface area contributed by atoms with Gasteiger partial charge in [-0.25, -0.2) is 4.99 Å². The number of carbonyl (C=O) groups excluding carboxylic acids is 1. The number of nitrogens with zero attached hydrogens (tertiary/aromatic N) is 2. The zero-order chi connectivity index (χ0) is 21.5. The molecule has 0 fully saturated rings. The molecule has 8 heteroatoms. The maximum atomic E-state index is 12.1. The zero-order valence-corrected chi connectivity index (χ0v) is 21.5. The highest BCUT2D eigenvalue weighted by molar-refractivity contribution is 14.0. The van der Waals surface area contributed by atoms with Crippen LogP contribution in [0.15, 0.2) is 29.3 Å². The number of rotatable bonds is 13. The van der Waals surface area contributed by atoms with Crippen molar-refractivity contribution in [2.45, 2.75) is 53.1 Å². The number of hydrogen-bond donors (Lipinski definition) is 3. The fourth-order valence-corrected chi connectivity index (χ4v) is 2.94. The molecule has 0 aliphatic heterocycles. The highest BCUT2D eigenvalue weighted by Gasteiger charge is 2.08. The van der Waals surface area contributed by atoms with E-state index in [4.69, 9.17) is 4.74 Å². The summed E-state index contributed by atoms with van der Waals surface area (Å²) in [6.45, 7) is 13.2. The molecule has 0 aromatic heterocycles. The van der Waals surface area contributed by atoms with Crippen molar-refractivity contribution in [3.63, 3.8) is 0 Å². The summed E-state index contributed by atoms with van der Waals surface area (Å²) in [5.41, 5.74) is 1.02. The van der Waals surface area contributed by atoms with E-state index in [2.05, 4.69) is 46.6 Å². The minimum atomic E-state index is -0.104. The summed E-state index contributed by atoms with van der Waals surface area (Å²) in [4.78, 5) is 19.0. The van der Waals surface area contributed by atoms with Gasteiger partial charge in [0.05, 0.1) is 7.11 Å². The van der Waals surface area contributed by atoms with Crippen molar-refractivity contribution >= 4 is 35.8 Å². The number of hydrogen-bond acceptors (Lipinski definition) is 4. The van der Waals surface area contributed by atoms with E-state index in [1.807, 2.05) is 31.2 Å². The molecule has 0 bridgehead atoms. The Labute approximate surface area is 199 Å². The SMILES string of the molecule is CCNC(=NCC(=O)NCc1ccc(OC)cc1)NC(C)CCCN(CC)CC.I. The summed E-state index contributed by atoms with van der Waals surface area (Å²) in [5, 5.41) is 9.51. The molecule has 1 amide bonds. The fraction of sp³-hybridized carbons (Fsp3) is 0.636. The smallest absolute Gasteiger partial charge is 0.242 e. The molecule has 1 unspecified atom stereocenters. The van der Waals surface area contributed by atoms with Crippen molar-refractivity contribution < 1.29 is 9.53 Å². The number of carbonyl (C=O) groups is 1. The van der Waals surface area contributed by atoms with Gasteiger partial charge in [-0.1, -0.05) is 26.0 Å². The van der Waals surface area contributed by atoms with Crippen LogP contribution in [0, 0.1) is 0 Å². The zero-order valence-electron chi connectivity index (χ0n) is 19.2. The highest BCUT2D eigenvalue weighted by atomic mass is 127. The second kappa shape index (κ2) is 17.2. The Hall–Kier alpha value is -1.55. The molecule has 0 radical (unpaired) electrons. The summed E-state index contributed by atoms with van der Waals surface area (Å²) in [7, 11) is 1.64. The van der Waals surface area contributed by atoms with Crippen LogP contribution in [-0.2, 0) is 11.3 Å². The first kappa shape index (κ1) is 28.5. The van der Waals surface area contributed by atoms with Crippen molar-refractivity contribution in [1.29, 1.82) is 0 Å². The maximum Gasteiger partial charge on any atom is 0.242 e.